The number of nitrogens with one attached hydrogen (secondary N) is 1. The third-order valence-electron chi connectivity index (χ3n) is 2.87. The molecule has 3 nitrogen and oxygen atoms in total. The standard InChI is InChI=1S/C13H17N3S/c1-10(2)12-9-15-13(17)16(12)8-5-11-3-6-14-7-4-11/h3-4,6-7,9-10H,5,8H2,1-2H3,(H,15,17). The van der Waals surface area contributed by atoms with Gasteiger partial charge in [0.1, 0.15) is 0 Å². The number of H-pyrrole nitrogens is 1. The molecule has 0 amide bonds. The molecule has 0 saturated heterocycles. The first-order valence-corrected chi connectivity index (χ1v) is 6.26. The molecule has 0 aliphatic rings. The van der Waals surface area contributed by atoms with Crippen molar-refractivity contribution in [2.24, 2.45) is 0 Å². The molecule has 0 aromatic carbocycles. The zero-order valence-electron chi connectivity index (χ0n) is 10.2. The summed E-state index contributed by atoms with van der Waals surface area (Å²) in [7, 11) is 0. The zero-order valence-corrected chi connectivity index (χ0v) is 11.0. The highest BCUT2D eigenvalue weighted by Crippen LogP contribution is 2.15. The lowest BCUT2D eigenvalue weighted by molar-refractivity contribution is 0.626. The molecule has 0 bridgehead atoms. The largest absolute Gasteiger partial charge is 0.337 e. The summed E-state index contributed by atoms with van der Waals surface area (Å²) in [6, 6.07) is 4.09. The maximum atomic E-state index is 5.30. The van der Waals surface area contributed by atoms with Crippen LogP contribution in [0.4, 0.5) is 0 Å². The summed E-state index contributed by atoms with van der Waals surface area (Å²) >= 11 is 5.30. The zero-order chi connectivity index (χ0) is 12.3. The number of pyridine rings is 1. The number of aromatic amines is 1. The smallest absolute Gasteiger partial charge is 0.177 e. The summed E-state index contributed by atoms with van der Waals surface area (Å²) in [6.45, 7) is 5.28. The molecule has 17 heavy (non-hydrogen) atoms. The van der Waals surface area contributed by atoms with E-state index in [4.69, 9.17) is 12.2 Å². The molecule has 0 fully saturated rings. The van der Waals surface area contributed by atoms with Crippen molar-refractivity contribution in [1.82, 2.24) is 14.5 Å². The first-order chi connectivity index (χ1) is 8.18. The molecule has 0 radical (unpaired) electrons. The fraction of sp³-hybridized carbons (Fsp3) is 0.385. The van der Waals surface area contributed by atoms with E-state index in [2.05, 4.69) is 28.4 Å². The SMILES string of the molecule is CC(C)c1c[nH]c(=S)n1CCc1ccncc1. The van der Waals surface area contributed by atoms with Crippen molar-refractivity contribution in [2.75, 3.05) is 0 Å². The first kappa shape index (κ1) is 12.0. The van der Waals surface area contributed by atoms with Gasteiger partial charge in [-0.25, -0.2) is 0 Å². The highest BCUT2D eigenvalue weighted by Gasteiger charge is 2.07. The Bertz CT molecular complexity index is 525. The van der Waals surface area contributed by atoms with Gasteiger partial charge in [-0.1, -0.05) is 13.8 Å². The topological polar surface area (TPSA) is 33.6 Å². The lowest BCUT2D eigenvalue weighted by Crippen LogP contribution is -2.07. The first-order valence-electron chi connectivity index (χ1n) is 5.85. The van der Waals surface area contributed by atoms with Crippen LogP contribution < -0.4 is 0 Å². The second kappa shape index (κ2) is 5.27. The Morgan fingerprint density at radius 2 is 2.06 bits per heavy atom. The second-order valence-corrected chi connectivity index (χ2v) is 4.82. The van der Waals surface area contributed by atoms with E-state index in [-0.39, 0.29) is 0 Å². The van der Waals surface area contributed by atoms with Crippen LogP contribution >= 0.6 is 12.2 Å². The molecule has 0 atom stereocenters. The van der Waals surface area contributed by atoms with Gasteiger partial charge in [-0.2, -0.15) is 0 Å². The molecular weight excluding hydrogens is 230 g/mol. The highest BCUT2D eigenvalue weighted by atomic mass is 32.1. The van der Waals surface area contributed by atoms with E-state index in [0.29, 0.717) is 5.92 Å². The lowest BCUT2D eigenvalue weighted by atomic mass is 10.1. The molecule has 1 N–H and O–H groups in total. The molecule has 2 heterocycles. The predicted molar refractivity (Wildman–Crippen MR) is 71.6 cm³/mol. The molecule has 0 spiro atoms. The van der Waals surface area contributed by atoms with Crippen LogP contribution in [0.25, 0.3) is 0 Å². The average molecular weight is 247 g/mol. The fourth-order valence-electron chi connectivity index (χ4n) is 1.91. The van der Waals surface area contributed by atoms with Gasteiger partial charge in [-0.3, -0.25) is 4.98 Å². The van der Waals surface area contributed by atoms with E-state index in [1.54, 1.807) is 0 Å². The Balaban J connectivity index is 2.14. The van der Waals surface area contributed by atoms with E-state index in [1.807, 2.05) is 30.7 Å². The normalized spacial score (nSPS) is 11.0. The summed E-state index contributed by atoms with van der Waals surface area (Å²) in [6.07, 6.45) is 6.65. The number of aryl methyl sites for hydroxylation is 1. The lowest BCUT2D eigenvalue weighted by Gasteiger charge is -2.10. The average Bonchev–Trinajstić information content (AvgIpc) is 2.69. The minimum atomic E-state index is 0.486. The van der Waals surface area contributed by atoms with Gasteiger partial charge < -0.3 is 9.55 Å². The van der Waals surface area contributed by atoms with Crippen molar-refractivity contribution in [3.05, 3.63) is 46.8 Å². The Hall–Kier alpha value is -1.42. The van der Waals surface area contributed by atoms with Crippen LogP contribution in [-0.2, 0) is 13.0 Å². The van der Waals surface area contributed by atoms with E-state index in [1.165, 1.54) is 11.3 Å². The van der Waals surface area contributed by atoms with Gasteiger partial charge in [0.2, 0.25) is 0 Å². The Morgan fingerprint density at radius 1 is 1.35 bits per heavy atom. The summed E-state index contributed by atoms with van der Waals surface area (Å²) in [4.78, 5) is 7.14. The van der Waals surface area contributed by atoms with Crippen molar-refractivity contribution < 1.29 is 0 Å². The van der Waals surface area contributed by atoms with Gasteiger partial charge in [0.15, 0.2) is 4.77 Å². The Morgan fingerprint density at radius 3 is 2.71 bits per heavy atom. The number of hydrogen-bond acceptors (Lipinski definition) is 2. The molecule has 0 aliphatic carbocycles. The molecule has 2 rings (SSSR count). The second-order valence-electron chi connectivity index (χ2n) is 4.43. The predicted octanol–water partition coefficient (Wildman–Crippen LogP) is 3.31. The van der Waals surface area contributed by atoms with Gasteiger partial charge in [0.05, 0.1) is 0 Å². The number of nitrogens with zero attached hydrogens (tertiary/aromatic N) is 2. The molecule has 2 aromatic rings. The third-order valence-corrected chi connectivity index (χ3v) is 3.20. The number of imidazole rings is 1. The van der Waals surface area contributed by atoms with Crippen molar-refractivity contribution in [1.29, 1.82) is 0 Å². The van der Waals surface area contributed by atoms with Gasteiger partial charge >= 0.3 is 0 Å². The molecule has 0 saturated carbocycles. The van der Waals surface area contributed by atoms with Gasteiger partial charge in [-0.15, -0.1) is 0 Å². The van der Waals surface area contributed by atoms with Gasteiger partial charge in [0, 0.05) is 30.8 Å². The summed E-state index contributed by atoms with van der Waals surface area (Å²) < 4.78 is 2.99. The van der Waals surface area contributed by atoms with E-state index < -0.39 is 0 Å². The maximum absolute atomic E-state index is 5.30. The monoisotopic (exact) mass is 247 g/mol. The number of aromatic nitrogens is 3. The van der Waals surface area contributed by atoms with Crippen LogP contribution in [0.1, 0.15) is 31.0 Å². The minimum absolute atomic E-state index is 0.486. The van der Waals surface area contributed by atoms with Crippen LogP contribution in [-0.4, -0.2) is 14.5 Å². The van der Waals surface area contributed by atoms with Crippen LogP contribution in [0.5, 0.6) is 0 Å². The number of hydrogen-bond donors (Lipinski definition) is 1. The minimum Gasteiger partial charge on any atom is -0.337 e. The summed E-state index contributed by atoms with van der Waals surface area (Å²) in [5, 5.41) is 0. The quantitative estimate of drug-likeness (QED) is 0.841. The molecule has 90 valence electrons. The van der Waals surface area contributed by atoms with E-state index >= 15 is 0 Å². The summed E-state index contributed by atoms with van der Waals surface area (Å²) in [5.74, 6) is 0.486. The van der Waals surface area contributed by atoms with Gasteiger partial charge in [0.25, 0.3) is 0 Å². The van der Waals surface area contributed by atoms with Crippen molar-refractivity contribution >= 4 is 12.2 Å². The van der Waals surface area contributed by atoms with Gasteiger partial charge in [-0.05, 0) is 42.3 Å². The maximum Gasteiger partial charge on any atom is 0.177 e. The van der Waals surface area contributed by atoms with Crippen molar-refractivity contribution in [3.8, 4) is 0 Å². The summed E-state index contributed by atoms with van der Waals surface area (Å²) in [5.41, 5.74) is 2.56. The molecule has 0 unspecified atom stereocenters. The van der Waals surface area contributed by atoms with E-state index in [9.17, 15) is 0 Å². The molecule has 4 heteroatoms. The van der Waals surface area contributed by atoms with Crippen LogP contribution in [0.3, 0.4) is 0 Å². The van der Waals surface area contributed by atoms with Crippen molar-refractivity contribution in [2.45, 2.75) is 32.7 Å². The van der Waals surface area contributed by atoms with Crippen molar-refractivity contribution in [3.63, 3.8) is 0 Å². The molecule has 2 aromatic heterocycles. The Labute approximate surface area is 107 Å². The molecule has 0 aliphatic heterocycles. The van der Waals surface area contributed by atoms with Crippen LogP contribution in [0.2, 0.25) is 0 Å². The van der Waals surface area contributed by atoms with Crippen LogP contribution in [0, 0.1) is 4.77 Å². The van der Waals surface area contributed by atoms with Crippen LogP contribution in [0.15, 0.2) is 30.7 Å². The third kappa shape index (κ3) is 2.82. The fourth-order valence-corrected chi connectivity index (χ4v) is 2.16. The number of rotatable bonds is 4. The molecular formula is C13H17N3S. The Kier molecular flexibility index (Phi) is 3.74. The van der Waals surface area contributed by atoms with E-state index in [0.717, 1.165) is 17.7 Å². The highest BCUT2D eigenvalue weighted by molar-refractivity contribution is 7.71.